The highest BCUT2D eigenvalue weighted by Crippen LogP contribution is 2.15. The predicted octanol–water partition coefficient (Wildman–Crippen LogP) is 2.63. The van der Waals surface area contributed by atoms with Crippen molar-refractivity contribution in [2.24, 2.45) is 0 Å². The Kier molecular flexibility index (Phi) is 5.19. The van der Waals surface area contributed by atoms with E-state index in [1.54, 1.807) is 6.08 Å². The summed E-state index contributed by atoms with van der Waals surface area (Å²) in [6.45, 7) is 1.61. The van der Waals surface area contributed by atoms with Crippen LogP contribution in [0.4, 0.5) is 0 Å². The fourth-order valence-electron chi connectivity index (χ4n) is 2.18. The first-order valence-corrected chi connectivity index (χ1v) is 8.93. The first-order chi connectivity index (χ1) is 9.08. The SMILES string of the molecule is O=S(=O)(CC=Cc1ccc(Br)cc1)C1CCNCC1. The number of hydrogen-bond acceptors (Lipinski definition) is 3. The average molecular weight is 344 g/mol. The van der Waals surface area contributed by atoms with Gasteiger partial charge in [-0.1, -0.05) is 40.2 Å². The minimum atomic E-state index is -3.00. The highest BCUT2D eigenvalue weighted by Gasteiger charge is 2.25. The molecule has 0 amide bonds. The van der Waals surface area contributed by atoms with Crippen LogP contribution in [0.25, 0.3) is 6.08 Å². The van der Waals surface area contributed by atoms with Gasteiger partial charge >= 0.3 is 0 Å². The lowest BCUT2D eigenvalue weighted by Crippen LogP contribution is -2.36. The molecule has 2 rings (SSSR count). The van der Waals surface area contributed by atoms with Gasteiger partial charge in [0.25, 0.3) is 0 Å². The van der Waals surface area contributed by atoms with Crippen LogP contribution in [0.3, 0.4) is 0 Å². The van der Waals surface area contributed by atoms with Crippen LogP contribution in [0.2, 0.25) is 0 Å². The van der Waals surface area contributed by atoms with E-state index in [0.717, 1.165) is 36.0 Å². The maximum absolute atomic E-state index is 12.1. The molecule has 5 heteroatoms. The Hall–Kier alpha value is -0.650. The predicted molar refractivity (Wildman–Crippen MR) is 82.9 cm³/mol. The zero-order valence-electron chi connectivity index (χ0n) is 10.7. The van der Waals surface area contributed by atoms with Gasteiger partial charge in [0, 0.05) is 4.47 Å². The first kappa shape index (κ1) is 14.8. The van der Waals surface area contributed by atoms with Crippen molar-refractivity contribution in [3.8, 4) is 0 Å². The molecule has 1 N–H and O–H groups in total. The minimum Gasteiger partial charge on any atom is -0.317 e. The van der Waals surface area contributed by atoms with Crippen molar-refractivity contribution >= 4 is 31.8 Å². The summed E-state index contributed by atoms with van der Waals surface area (Å²) in [6, 6.07) is 7.80. The average Bonchev–Trinajstić information content (AvgIpc) is 2.42. The molecule has 104 valence electrons. The third-order valence-corrected chi connectivity index (χ3v) is 5.98. The van der Waals surface area contributed by atoms with Gasteiger partial charge in [-0.15, -0.1) is 0 Å². The van der Waals surface area contributed by atoms with Crippen molar-refractivity contribution in [2.45, 2.75) is 18.1 Å². The summed E-state index contributed by atoms with van der Waals surface area (Å²) >= 11 is 3.37. The van der Waals surface area contributed by atoms with Gasteiger partial charge in [-0.2, -0.15) is 0 Å². The summed E-state index contributed by atoms with van der Waals surface area (Å²) < 4.78 is 25.3. The Morgan fingerprint density at radius 1 is 1.21 bits per heavy atom. The van der Waals surface area contributed by atoms with Crippen molar-refractivity contribution in [1.29, 1.82) is 0 Å². The highest BCUT2D eigenvalue weighted by atomic mass is 79.9. The number of halogens is 1. The van der Waals surface area contributed by atoms with Gasteiger partial charge in [0.2, 0.25) is 0 Å². The molecule has 0 bridgehead atoms. The van der Waals surface area contributed by atoms with E-state index in [1.807, 2.05) is 30.3 Å². The molecule has 3 nitrogen and oxygen atoms in total. The van der Waals surface area contributed by atoms with E-state index in [4.69, 9.17) is 0 Å². The third-order valence-electron chi connectivity index (χ3n) is 3.30. The van der Waals surface area contributed by atoms with Crippen LogP contribution in [0.15, 0.2) is 34.8 Å². The van der Waals surface area contributed by atoms with Crippen molar-refractivity contribution in [2.75, 3.05) is 18.8 Å². The van der Waals surface area contributed by atoms with Gasteiger partial charge < -0.3 is 5.32 Å². The first-order valence-electron chi connectivity index (χ1n) is 6.42. The standard InChI is InChI=1S/C14H18BrNO2S/c15-13-5-3-12(4-6-13)2-1-11-19(17,18)14-7-9-16-10-8-14/h1-6,14,16H,7-11H2. The fourth-order valence-corrected chi connectivity index (χ4v) is 4.04. The van der Waals surface area contributed by atoms with Crippen molar-refractivity contribution in [3.63, 3.8) is 0 Å². The molecule has 0 aliphatic carbocycles. The minimum absolute atomic E-state index is 0.133. The molecule has 1 aliphatic heterocycles. The van der Waals surface area contributed by atoms with Gasteiger partial charge in [0.05, 0.1) is 11.0 Å². The maximum Gasteiger partial charge on any atom is 0.156 e. The molecule has 1 aromatic rings. The quantitative estimate of drug-likeness (QED) is 0.913. The van der Waals surface area contributed by atoms with Crippen molar-refractivity contribution in [3.05, 3.63) is 40.4 Å². The van der Waals surface area contributed by atoms with Crippen LogP contribution in [-0.4, -0.2) is 32.5 Å². The van der Waals surface area contributed by atoms with E-state index in [0.29, 0.717) is 0 Å². The fraction of sp³-hybridized carbons (Fsp3) is 0.429. The number of nitrogens with one attached hydrogen (secondary N) is 1. The van der Waals surface area contributed by atoms with Gasteiger partial charge in [-0.3, -0.25) is 0 Å². The number of rotatable bonds is 4. The molecular formula is C14H18BrNO2S. The molecule has 1 fully saturated rings. The molecule has 0 aromatic heterocycles. The normalized spacial score (nSPS) is 17.9. The lowest BCUT2D eigenvalue weighted by atomic mass is 10.2. The molecule has 1 saturated heterocycles. The molecular weight excluding hydrogens is 326 g/mol. The summed E-state index contributed by atoms with van der Waals surface area (Å²) in [6.07, 6.45) is 5.08. The summed E-state index contributed by atoms with van der Waals surface area (Å²) in [5.74, 6) is 0.133. The monoisotopic (exact) mass is 343 g/mol. The summed E-state index contributed by atoms with van der Waals surface area (Å²) in [7, 11) is -3.00. The number of hydrogen-bond donors (Lipinski definition) is 1. The summed E-state index contributed by atoms with van der Waals surface area (Å²) in [5, 5.41) is 3.01. The molecule has 0 radical (unpaired) electrons. The molecule has 0 unspecified atom stereocenters. The van der Waals surface area contributed by atoms with Crippen LogP contribution >= 0.6 is 15.9 Å². The number of piperidine rings is 1. The van der Waals surface area contributed by atoms with E-state index in [-0.39, 0.29) is 11.0 Å². The zero-order chi connectivity index (χ0) is 13.7. The van der Waals surface area contributed by atoms with Crippen LogP contribution in [0.1, 0.15) is 18.4 Å². The van der Waals surface area contributed by atoms with Gasteiger partial charge in [-0.25, -0.2) is 8.42 Å². The van der Waals surface area contributed by atoms with Gasteiger partial charge in [0.15, 0.2) is 9.84 Å². The van der Waals surface area contributed by atoms with Crippen LogP contribution in [0.5, 0.6) is 0 Å². The Bertz CT molecular complexity index is 531. The second-order valence-corrected chi connectivity index (χ2v) is 7.97. The lowest BCUT2D eigenvalue weighted by Gasteiger charge is -2.21. The topological polar surface area (TPSA) is 46.2 Å². The van der Waals surface area contributed by atoms with E-state index >= 15 is 0 Å². The molecule has 1 aliphatic rings. The van der Waals surface area contributed by atoms with Crippen LogP contribution < -0.4 is 5.32 Å². The third kappa shape index (κ3) is 4.44. The molecule has 1 aromatic carbocycles. The molecule has 0 spiro atoms. The van der Waals surface area contributed by atoms with Crippen molar-refractivity contribution in [1.82, 2.24) is 5.32 Å². The Balaban J connectivity index is 1.95. The molecule has 0 atom stereocenters. The van der Waals surface area contributed by atoms with E-state index in [2.05, 4.69) is 21.2 Å². The molecule has 1 heterocycles. The second kappa shape index (κ2) is 6.68. The van der Waals surface area contributed by atoms with Crippen LogP contribution in [-0.2, 0) is 9.84 Å². The highest BCUT2D eigenvalue weighted by molar-refractivity contribution is 9.10. The Labute approximate surface area is 123 Å². The zero-order valence-corrected chi connectivity index (χ0v) is 13.1. The number of sulfone groups is 1. The smallest absolute Gasteiger partial charge is 0.156 e. The summed E-state index contributed by atoms with van der Waals surface area (Å²) in [4.78, 5) is 0. The van der Waals surface area contributed by atoms with E-state index < -0.39 is 9.84 Å². The lowest BCUT2D eigenvalue weighted by molar-refractivity contribution is 0.498. The van der Waals surface area contributed by atoms with E-state index in [1.165, 1.54) is 0 Å². The number of benzene rings is 1. The molecule has 19 heavy (non-hydrogen) atoms. The van der Waals surface area contributed by atoms with Crippen LogP contribution in [0, 0.1) is 0 Å². The van der Waals surface area contributed by atoms with Gasteiger partial charge in [-0.05, 0) is 43.6 Å². The second-order valence-electron chi connectivity index (χ2n) is 4.73. The van der Waals surface area contributed by atoms with Gasteiger partial charge in [0.1, 0.15) is 0 Å². The molecule has 0 saturated carbocycles. The van der Waals surface area contributed by atoms with E-state index in [9.17, 15) is 8.42 Å². The van der Waals surface area contributed by atoms with Crippen molar-refractivity contribution < 1.29 is 8.42 Å². The maximum atomic E-state index is 12.1. The Morgan fingerprint density at radius 3 is 2.47 bits per heavy atom. The summed E-state index contributed by atoms with van der Waals surface area (Å²) in [5.41, 5.74) is 1.02. The largest absolute Gasteiger partial charge is 0.317 e. The Morgan fingerprint density at radius 2 is 1.84 bits per heavy atom.